The van der Waals surface area contributed by atoms with Crippen LogP contribution < -0.4 is 10.1 Å². The molecule has 1 aliphatic rings. The van der Waals surface area contributed by atoms with Crippen LogP contribution in [-0.4, -0.2) is 18.1 Å². The number of anilines is 1. The zero-order valence-electron chi connectivity index (χ0n) is 14.3. The molecule has 0 radical (unpaired) electrons. The first kappa shape index (κ1) is 17.0. The molecule has 4 rings (SSSR count). The monoisotopic (exact) mass is 367 g/mol. The van der Waals surface area contributed by atoms with Gasteiger partial charge in [-0.1, -0.05) is 30.3 Å². The second-order valence-electron chi connectivity index (χ2n) is 6.26. The third kappa shape index (κ3) is 2.37. The summed E-state index contributed by atoms with van der Waals surface area (Å²) < 4.78 is 33.3. The Morgan fingerprint density at radius 3 is 2.11 bits per heavy atom. The molecular weight excluding hydrogens is 352 g/mol. The summed E-state index contributed by atoms with van der Waals surface area (Å²) >= 11 is 0. The number of nitrogens with one attached hydrogen (secondary N) is 1. The molecule has 1 heterocycles. The number of fused-ring (bicyclic) bond motifs is 1. The second-order valence-corrected chi connectivity index (χ2v) is 6.26. The van der Waals surface area contributed by atoms with Gasteiger partial charge in [-0.3, -0.25) is 4.79 Å². The number of benzene rings is 3. The van der Waals surface area contributed by atoms with Gasteiger partial charge in [0.25, 0.3) is 0 Å². The number of amides is 1. The first-order valence-corrected chi connectivity index (χ1v) is 8.22. The summed E-state index contributed by atoms with van der Waals surface area (Å²) in [6.45, 7) is 0. The minimum absolute atomic E-state index is 0.0348. The number of methoxy groups -OCH3 is 1. The van der Waals surface area contributed by atoms with E-state index in [-0.39, 0.29) is 11.4 Å². The standard InChI is InChI=1S/C21H15F2NO3/c1-27-15-8-4-13(5-9-15)21(12-2-6-14(25)7-3-12)16-10-11-17(22)18(23)19(16)24-20(21)26/h2-11,25H,1H3,(H,24,26)/t21-/m1/s1. The molecule has 136 valence electrons. The Balaban J connectivity index is 2.05. The molecule has 1 amide bonds. The van der Waals surface area contributed by atoms with E-state index in [4.69, 9.17) is 4.74 Å². The molecule has 0 fully saturated rings. The van der Waals surface area contributed by atoms with E-state index in [1.807, 2.05) is 0 Å². The summed E-state index contributed by atoms with van der Waals surface area (Å²) in [5.74, 6) is -2.01. The largest absolute Gasteiger partial charge is 0.508 e. The van der Waals surface area contributed by atoms with E-state index >= 15 is 0 Å². The van der Waals surface area contributed by atoms with Gasteiger partial charge in [0.1, 0.15) is 16.9 Å². The molecule has 0 spiro atoms. The van der Waals surface area contributed by atoms with Crippen LogP contribution in [0.3, 0.4) is 0 Å². The maximum Gasteiger partial charge on any atom is 0.244 e. The van der Waals surface area contributed by atoms with E-state index in [9.17, 15) is 18.7 Å². The summed E-state index contributed by atoms with van der Waals surface area (Å²) in [5, 5.41) is 12.1. The van der Waals surface area contributed by atoms with E-state index in [1.165, 1.54) is 25.3 Å². The Bertz CT molecular complexity index is 1030. The average molecular weight is 367 g/mol. The lowest BCUT2D eigenvalue weighted by molar-refractivity contribution is -0.118. The van der Waals surface area contributed by atoms with Gasteiger partial charge in [0.05, 0.1) is 12.8 Å². The van der Waals surface area contributed by atoms with E-state index in [0.29, 0.717) is 22.4 Å². The number of halogens is 2. The van der Waals surface area contributed by atoms with Gasteiger partial charge >= 0.3 is 0 Å². The molecule has 0 saturated carbocycles. The minimum Gasteiger partial charge on any atom is -0.508 e. The van der Waals surface area contributed by atoms with Crippen LogP contribution in [0, 0.1) is 11.6 Å². The fourth-order valence-corrected chi connectivity index (χ4v) is 3.61. The van der Waals surface area contributed by atoms with Crippen molar-refractivity contribution in [1.29, 1.82) is 0 Å². The molecule has 3 aromatic rings. The molecule has 4 nitrogen and oxygen atoms in total. The van der Waals surface area contributed by atoms with Gasteiger partial charge in [0, 0.05) is 5.56 Å². The highest BCUT2D eigenvalue weighted by Crippen LogP contribution is 2.49. The van der Waals surface area contributed by atoms with Crippen LogP contribution in [-0.2, 0) is 10.2 Å². The van der Waals surface area contributed by atoms with Gasteiger partial charge in [0.2, 0.25) is 5.91 Å². The Kier molecular flexibility index (Phi) is 3.84. The maximum absolute atomic E-state index is 14.4. The highest BCUT2D eigenvalue weighted by atomic mass is 19.2. The number of phenols is 1. The lowest BCUT2D eigenvalue weighted by Gasteiger charge is -2.29. The molecule has 27 heavy (non-hydrogen) atoms. The average Bonchev–Trinajstić information content (AvgIpc) is 2.99. The Morgan fingerprint density at radius 1 is 0.926 bits per heavy atom. The normalized spacial score (nSPS) is 18.1. The van der Waals surface area contributed by atoms with Crippen LogP contribution in [0.1, 0.15) is 16.7 Å². The first-order valence-electron chi connectivity index (χ1n) is 8.22. The van der Waals surface area contributed by atoms with E-state index in [0.717, 1.165) is 6.07 Å². The Morgan fingerprint density at radius 2 is 1.52 bits per heavy atom. The number of rotatable bonds is 3. The molecule has 6 heteroatoms. The summed E-state index contributed by atoms with van der Waals surface area (Å²) in [5.41, 5.74) is -0.167. The van der Waals surface area contributed by atoms with Crippen molar-refractivity contribution in [3.8, 4) is 11.5 Å². The van der Waals surface area contributed by atoms with Crippen LogP contribution in [0.5, 0.6) is 11.5 Å². The Labute approximate surface area is 154 Å². The summed E-state index contributed by atoms with van der Waals surface area (Å²) in [7, 11) is 1.53. The number of carbonyl (C=O) groups excluding carboxylic acids is 1. The van der Waals surface area contributed by atoms with Gasteiger partial charge in [0.15, 0.2) is 11.6 Å². The lowest BCUT2D eigenvalue weighted by atomic mass is 9.70. The predicted octanol–water partition coefficient (Wildman–Crippen LogP) is 3.97. The van der Waals surface area contributed by atoms with Crippen molar-refractivity contribution in [3.05, 3.63) is 89.0 Å². The summed E-state index contributed by atoms with van der Waals surface area (Å²) in [6, 6.07) is 15.3. The SMILES string of the molecule is COc1ccc([C@@]2(c3ccc(O)cc3)C(=O)Nc3c2ccc(F)c3F)cc1. The molecular formula is C21H15F2NO3. The highest BCUT2D eigenvalue weighted by Gasteiger charge is 2.51. The zero-order valence-corrected chi connectivity index (χ0v) is 14.3. The fourth-order valence-electron chi connectivity index (χ4n) is 3.61. The van der Waals surface area contributed by atoms with Crippen LogP contribution >= 0.6 is 0 Å². The number of carbonyl (C=O) groups is 1. The molecule has 0 unspecified atom stereocenters. The third-order valence-corrected chi connectivity index (χ3v) is 4.90. The number of phenolic OH excluding ortho intramolecular Hbond substituents is 1. The quantitative estimate of drug-likeness (QED) is 0.737. The topological polar surface area (TPSA) is 58.6 Å². The van der Waals surface area contributed by atoms with Crippen molar-refractivity contribution in [1.82, 2.24) is 0 Å². The van der Waals surface area contributed by atoms with Crippen LogP contribution in [0.4, 0.5) is 14.5 Å². The molecule has 2 N–H and O–H groups in total. The summed E-state index contributed by atoms with van der Waals surface area (Å²) in [6.07, 6.45) is 0. The third-order valence-electron chi connectivity index (χ3n) is 4.90. The molecule has 0 aromatic heterocycles. The number of hydrogen-bond acceptors (Lipinski definition) is 3. The summed E-state index contributed by atoms with van der Waals surface area (Å²) in [4.78, 5) is 13.2. The van der Waals surface area contributed by atoms with Crippen molar-refractivity contribution in [2.75, 3.05) is 12.4 Å². The number of aromatic hydroxyl groups is 1. The van der Waals surface area contributed by atoms with E-state index in [2.05, 4.69) is 5.32 Å². The molecule has 0 aliphatic carbocycles. The Hall–Kier alpha value is -3.41. The molecule has 3 aromatic carbocycles. The van der Waals surface area contributed by atoms with Gasteiger partial charge < -0.3 is 15.2 Å². The second kappa shape index (κ2) is 6.09. The van der Waals surface area contributed by atoms with Crippen molar-refractivity contribution in [2.24, 2.45) is 0 Å². The van der Waals surface area contributed by atoms with E-state index in [1.54, 1.807) is 36.4 Å². The molecule has 0 saturated heterocycles. The molecule has 1 atom stereocenters. The van der Waals surface area contributed by atoms with Crippen LogP contribution in [0.25, 0.3) is 0 Å². The molecule has 1 aliphatic heterocycles. The number of hydrogen-bond donors (Lipinski definition) is 2. The van der Waals surface area contributed by atoms with Gasteiger partial charge in [-0.2, -0.15) is 0 Å². The molecule has 0 bridgehead atoms. The van der Waals surface area contributed by atoms with Gasteiger partial charge in [-0.15, -0.1) is 0 Å². The van der Waals surface area contributed by atoms with Crippen molar-refractivity contribution in [3.63, 3.8) is 0 Å². The predicted molar refractivity (Wildman–Crippen MR) is 96.0 cm³/mol. The van der Waals surface area contributed by atoms with Crippen LogP contribution in [0.15, 0.2) is 60.7 Å². The lowest BCUT2D eigenvalue weighted by Crippen LogP contribution is -2.36. The maximum atomic E-state index is 14.4. The van der Waals surface area contributed by atoms with Crippen LogP contribution in [0.2, 0.25) is 0 Å². The van der Waals surface area contributed by atoms with Crippen molar-refractivity contribution >= 4 is 11.6 Å². The highest BCUT2D eigenvalue weighted by molar-refractivity contribution is 6.11. The first-order chi connectivity index (χ1) is 13.0. The fraction of sp³-hybridized carbons (Fsp3) is 0.0952. The van der Waals surface area contributed by atoms with Gasteiger partial charge in [-0.05, 0) is 41.5 Å². The smallest absolute Gasteiger partial charge is 0.244 e. The van der Waals surface area contributed by atoms with Gasteiger partial charge in [-0.25, -0.2) is 8.78 Å². The van der Waals surface area contributed by atoms with E-state index < -0.39 is 23.0 Å². The minimum atomic E-state index is -1.39. The van der Waals surface area contributed by atoms with Crippen molar-refractivity contribution in [2.45, 2.75) is 5.41 Å². The van der Waals surface area contributed by atoms with Crippen molar-refractivity contribution < 1.29 is 23.4 Å². The zero-order chi connectivity index (χ0) is 19.2. The number of ether oxygens (including phenoxy) is 1.